The Hall–Kier alpha value is -1.06. The first-order chi connectivity index (χ1) is 3.29. The Morgan fingerprint density at radius 2 is 2.29 bits per heavy atom. The van der Waals surface area contributed by atoms with Crippen LogP contribution in [0.4, 0.5) is 0 Å². The maximum Gasteiger partial charge on any atom is 0.188 e. The highest BCUT2D eigenvalue weighted by atomic mass is 15.2. The minimum atomic E-state index is -0.0370. The first-order valence-electron chi connectivity index (χ1n) is 1.91. The van der Waals surface area contributed by atoms with Crippen molar-refractivity contribution in [3.05, 3.63) is 0 Å². The van der Waals surface area contributed by atoms with Crippen molar-refractivity contribution in [1.82, 2.24) is 0 Å². The van der Waals surface area contributed by atoms with Gasteiger partial charge in [-0.25, -0.2) is 4.99 Å². The molecule has 0 saturated heterocycles. The van der Waals surface area contributed by atoms with Crippen molar-refractivity contribution in [1.29, 1.82) is 0 Å². The molecular weight excluding hydrogens is 92.1 g/mol. The molecule has 38 valence electrons. The van der Waals surface area contributed by atoms with Gasteiger partial charge in [-0.2, -0.15) is 0 Å². The number of nitrogens with zero attached hydrogens (tertiary/aromatic N) is 2. The van der Waals surface area contributed by atoms with Gasteiger partial charge in [-0.15, -0.1) is 0 Å². The van der Waals surface area contributed by atoms with Gasteiger partial charge >= 0.3 is 0 Å². The van der Waals surface area contributed by atoms with Crippen LogP contribution in [0.5, 0.6) is 0 Å². The molecule has 1 aliphatic heterocycles. The number of nitrogens with two attached hydrogens (primary N) is 2. The highest BCUT2D eigenvalue weighted by molar-refractivity contribution is 5.84. The Balaban J connectivity index is 2.31. The van der Waals surface area contributed by atoms with Crippen LogP contribution in [0.2, 0.25) is 0 Å². The molecule has 4 nitrogen and oxygen atoms in total. The highest BCUT2D eigenvalue weighted by Gasteiger charge is 2.08. The van der Waals surface area contributed by atoms with E-state index in [0.717, 1.165) is 0 Å². The summed E-state index contributed by atoms with van der Waals surface area (Å²) >= 11 is 0. The van der Waals surface area contributed by atoms with E-state index < -0.39 is 0 Å². The van der Waals surface area contributed by atoms with Crippen molar-refractivity contribution in [2.75, 3.05) is 0 Å². The number of guanidine groups is 1. The van der Waals surface area contributed by atoms with Crippen LogP contribution in [0, 0.1) is 0 Å². The molecule has 4 N–H and O–H groups in total. The molecule has 1 unspecified atom stereocenters. The molecule has 0 aliphatic carbocycles. The fourth-order valence-electron chi connectivity index (χ4n) is 0.258. The molecule has 0 spiro atoms. The maximum absolute atomic E-state index is 4.98. The van der Waals surface area contributed by atoms with Crippen LogP contribution in [0.3, 0.4) is 0 Å². The second-order valence-electron chi connectivity index (χ2n) is 1.27. The summed E-state index contributed by atoms with van der Waals surface area (Å²) in [6.45, 7) is 0. The standard InChI is InChI=1S/C3H6N4/c4-3(5)7-2-1-6-2/h1-2H,(H4,4,5,7). The molecule has 1 aliphatic rings. The van der Waals surface area contributed by atoms with Gasteiger partial charge in [-0.3, -0.25) is 4.99 Å². The molecule has 1 rings (SSSR count). The summed E-state index contributed by atoms with van der Waals surface area (Å²) < 4.78 is 0. The molecule has 7 heavy (non-hydrogen) atoms. The van der Waals surface area contributed by atoms with Gasteiger partial charge in [0.2, 0.25) is 0 Å². The molecule has 0 aromatic rings. The van der Waals surface area contributed by atoms with E-state index in [1.807, 2.05) is 0 Å². The average molecular weight is 98.1 g/mol. The summed E-state index contributed by atoms with van der Waals surface area (Å²) in [5, 5.41) is 0. The Labute approximate surface area is 40.9 Å². The number of aliphatic imine (C=N–C) groups is 2. The molecule has 0 radical (unpaired) electrons. The van der Waals surface area contributed by atoms with Crippen molar-refractivity contribution in [3.8, 4) is 0 Å². The Morgan fingerprint density at radius 1 is 1.71 bits per heavy atom. The normalized spacial score (nSPS) is 24.3. The minimum Gasteiger partial charge on any atom is -0.370 e. The van der Waals surface area contributed by atoms with E-state index in [-0.39, 0.29) is 12.1 Å². The Kier molecular flexibility index (Phi) is 0.714. The van der Waals surface area contributed by atoms with Gasteiger partial charge in [0.15, 0.2) is 12.1 Å². The molecule has 0 bridgehead atoms. The van der Waals surface area contributed by atoms with E-state index in [0.29, 0.717) is 0 Å². The molecule has 0 saturated carbocycles. The molecule has 1 atom stereocenters. The topological polar surface area (TPSA) is 76.8 Å². The third kappa shape index (κ3) is 1.21. The van der Waals surface area contributed by atoms with E-state index in [4.69, 9.17) is 11.5 Å². The molecule has 0 aromatic heterocycles. The Bertz CT molecular complexity index is 115. The van der Waals surface area contributed by atoms with Crippen molar-refractivity contribution >= 4 is 12.2 Å². The van der Waals surface area contributed by atoms with Crippen molar-refractivity contribution in [2.24, 2.45) is 21.5 Å². The van der Waals surface area contributed by atoms with Crippen LogP contribution in [0.1, 0.15) is 0 Å². The third-order valence-electron chi connectivity index (χ3n) is 0.564. The van der Waals surface area contributed by atoms with Crippen LogP contribution in [0.25, 0.3) is 0 Å². The van der Waals surface area contributed by atoms with Crippen LogP contribution in [-0.2, 0) is 0 Å². The second kappa shape index (κ2) is 1.22. The highest BCUT2D eigenvalue weighted by Crippen LogP contribution is 1.99. The van der Waals surface area contributed by atoms with Gasteiger partial charge in [0.25, 0.3) is 0 Å². The zero-order valence-electron chi connectivity index (χ0n) is 3.70. The van der Waals surface area contributed by atoms with Crippen LogP contribution in [-0.4, -0.2) is 18.3 Å². The van der Waals surface area contributed by atoms with Crippen LogP contribution in [0.15, 0.2) is 9.98 Å². The summed E-state index contributed by atoms with van der Waals surface area (Å²) in [7, 11) is 0. The lowest BCUT2D eigenvalue weighted by Gasteiger charge is -1.83. The first kappa shape index (κ1) is 4.11. The quantitative estimate of drug-likeness (QED) is 0.315. The number of rotatable bonds is 1. The molecular formula is C3H6N4. The first-order valence-corrected chi connectivity index (χ1v) is 1.91. The summed E-state index contributed by atoms with van der Waals surface area (Å²) in [6, 6.07) is 0. The van der Waals surface area contributed by atoms with Crippen molar-refractivity contribution < 1.29 is 0 Å². The predicted octanol–water partition coefficient (Wildman–Crippen LogP) is -1.33. The second-order valence-corrected chi connectivity index (χ2v) is 1.27. The summed E-state index contributed by atoms with van der Waals surface area (Å²) in [4.78, 5) is 7.31. The van der Waals surface area contributed by atoms with E-state index in [1.165, 1.54) is 0 Å². The number of hydrogen-bond acceptors (Lipinski definition) is 2. The summed E-state index contributed by atoms with van der Waals surface area (Å²) in [5.74, 6) is 0.0995. The van der Waals surface area contributed by atoms with Gasteiger partial charge in [0.1, 0.15) is 0 Å². The minimum absolute atomic E-state index is 0.0370. The smallest absolute Gasteiger partial charge is 0.188 e. The summed E-state index contributed by atoms with van der Waals surface area (Å²) in [6.07, 6.45) is 1.63. The van der Waals surface area contributed by atoms with Crippen LogP contribution >= 0.6 is 0 Å². The van der Waals surface area contributed by atoms with E-state index in [2.05, 4.69) is 9.98 Å². The molecule has 0 aromatic carbocycles. The van der Waals surface area contributed by atoms with E-state index in [1.54, 1.807) is 6.21 Å². The molecule has 4 heteroatoms. The lowest BCUT2D eigenvalue weighted by atomic mass is 10.7. The van der Waals surface area contributed by atoms with Gasteiger partial charge in [-0.05, 0) is 0 Å². The lowest BCUT2D eigenvalue weighted by Crippen LogP contribution is -2.23. The van der Waals surface area contributed by atoms with E-state index in [9.17, 15) is 0 Å². The largest absolute Gasteiger partial charge is 0.370 e. The predicted molar refractivity (Wildman–Crippen MR) is 28.1 cm³/mol. The zero-order valence-corrected chi connectivity index (χ0v) is 3.70. The van der Waals surface area contributed by atoms with Crippen molar-refractivity contribution in [3.63, 3.8) is 0 Å². The monoisotopic (exact) mass is 98.1 g/mol. The van der Waals surface area contributed by atoms with Gasteiger partial charge in [-0.1, -0.05) is 0 Å². The fraction of sp³-hybridized carbons (Fsp3) is 0.333. The maximum atomic E-state index is 4.98. The summed E-state index contributed by atoms with van der Waals surface area (Å²) in [5.41, 5.74) is 9.96. The van der Waals surface area contributed by atoms with Gasteiger partial charge < -0.3 is 11.5 Å². The van der Waals surface area contributed by atoms with Gasteiger partial charge in [0.05, 0.1) is 0 Å². The fourth-order valence-corrected chi connectivity index (χ4v) is 0.258. The average Bonchev–Trinajstić information content (AvgIpc) is 2.17. The third-order valence-corrected chi connectivity index (χ3v) is 0.564. The lowest BCUT2D eigenvalue weighted by molar-refractivity contribution is 1.06. The SMILES string of the molecule is NC(N)=NC1C=N1. The van der Waals surface area contributed by atoms with Crippen LogP contribution < -0.4 is 11.5 Å². The molecule has 0 fully saturated rings. The van der Waals surface area contributed by atoms with Gasteiger partial charge in [0, 0.05) is 6.21 Å². The zero-order chi connectivity index (χ0) is 5.28. The number of hydrogen-bond donors (Lipinski definition) is 2. The molecule has 0 amide bonds. The molecule has 1 heterocycles. The van der Waals surface area contributed by atoms with Crippen molar-refractivity contribution in [2.45, 2.75) is 6.17 Å². The Morgan fingerprint density at radius 3 is 2.43 bits per heavy atom. The van der Waals surface area contributed by atoms with E-state index >= 15 is 0 Å².